The van der Waals surface area contributed by atoms with Crippen LogP contribution in [0.2, 0.25) is 0 Å². The largest absolute Gasteiger partial charge is 0.489 e. The summed E-state index contributed by atoms with van der Waals surface area (Å²) in [5.74, 6) is 0.578. The highest BCUT2D eigenvalue weighted by molar-refractivity contribution is 6.04. The van der Waals surface area contributed by atoms with E-state index in [-0.39, 0.29) is 5.91 Å². The van der Waals surface area contributed by atoms with E-state index in [0.717, 1.165) is 36.4 Å². The van der Waals surface area contributed by atoms with Crippen LogP contribution in [0.5, 0.6) is 5.75 Å². The SMILES string of the molecule is CCCCN(C)c1cncc(C(=O)Nc2ccc(OCc3ccccc3)cc2)c1. The number of carbonyl (C=O) groups excluding carboxylic acids is 1. The Kier molecular flexibility index (Phi) is 7.22. The van der Waals surface area contributed by atoms with Crippen molar-refractivity contribution in [1.82, 2.24) is 4.98 Å². The molecule has 5 heteroatoms. The summed E-state index contributed by atoms with van der Waals surface area (Å²) in [6.45, 7) is 3.61. The van der Waals surface area contributed by atoms with Gasteiger partial charge in [0.1, 0.15) is 12.4 Å². The second-order valence-electron chi connectivity index (χ2n) is 6.96. The first-order valence-corrected chi connectivity index (χ1v) is 9.90. The van der Waals surface area contributed by atoms with Gasteiger partial charge in [-0.3, -0.25) is 9.78 Å². The van der Waals surface area contributed by atoms with Gasteiger partial charge in [0.05, 0.1) is 17.4 Å². The molecular weight excluding hydrogens is 362 g/mol. The van der Waals surface area contributed by atoms with Crippen LogP contribution in [0.1, 0.15) is 35.7 Å². The Morgan fingerprint density at radius 3 is 2.55 bits per heavy atom. The molecule has 0 aliphatic rings. The molecular formula is C24H27N3O2. The molecule has 0 radical (unpaired) electrons. The molecule has 29 heavy (non-hydrogen) atoms. The highest BCUT2D eigenvalue weighted by atomic mass is 16.5. The molecule has 0 aliphatic heterocycles. The number of carbonyl (C=O) groups is 1. The highest BCUT2D eigenvalue weighted by Gasteiger charge is 2.10. The number of rotatable bonds is 9. The van der Waals surface area contributed by atoms with Crippen molar-refractivity contribution in [2.45, 2.75) is 26.4 Å². The van der Waals surface area contributed by atoms with E-state index in [4.69, 9.17) is 4.74 Å². The Morgan fingerprint density at radius 2 is 1.83 bits per heavy atom. The van der Waals surface area contributed by atoms with Crippen molar-refractivity contribution < 1.29 is 9.53 Å². The van der Waals surface area contributed by atoms with Crippen LogP contribution in [0.4, 0.5) is 11.4 Å². The molecule has 5 nitrogen and oxygen atoms in total. The monoisotopic (exact) mass is 389 g/mol. The standard InChI is InChI=1S/C24H27N3O2/c1-3-4-14-27(2)22-15-20(16-25-17-22)24(28)26-21-10-12-23(13-11-21)29-18-19-8-6-5-7-9-19/h5-13,15-17H,3-4,14,18H2,1-2H3,(H,26,28). The second-order valence-corrected chi connectivity index (χ2v) is 6.96. The van der Waals surface area contributed by atoms with Gasteiger partial charge in [-0.05, 0) is 42.3 Å². The van der Waals surface area contributed by atoms with Crippen molar-refractivity contribution in [3.05, 3.63) is 84.2 Å². The summed E-state index contributed by atoms with van der Waals surface area (Å²) >= 11 is 0. The Morgan fingerprint density at radius 1 is 1.07 bits per heavy atom. The Bertz CT molecular complexity index is 911. The topological polar surface area (TPSA) is 54.5 Å². The zero-order chi connectivity index (χ0) is 20.5. The number of unbranched alkanes of at least 4 members (excludes halogenated alkanes) is 1. The van der Waals surface area contributed by atoms with Gasteiger partial charge in [0.25, 0.3) is 5.91 Å². The number of hydrogen-bond acceptors (Lipinski definition) is 4. The lowest BCUT2D eigenvalue weighted by molar-refractivity contribution is 0.102. The van der Waals surface area contributed by atoms with Crippen molar-refractivity contribution in [2.24, 2.45) is 0 Å². The zero-order valence-electron chi connectivity index (χ0n) is 17.0. The van der Waals surface area contributed by atoms with E-state index in [0.29, 0.717) is 17.9 Å². The molecule has 3 aromatic rings. The lowest BCUT2D eigenvalue weighted by Gasteiger charge is -2.19. The maximum Gasteiger partial charge on any atom is 0.257 e. The first-order chi connectivity index (χ1) is 14.2. The lowest BCUT2D eigenvalue weighted by Crippen LogP contribution is -2.19. The minimum atomic E-state index is -0.179. The Balaban J connectivity index is 1.57. The van der Waals surface area contributed by atoms with Gasteiger partial charge in [0, 0.05) is 25.5 Å². The average Bonchev–Trinajstić information content (AvgIpc) is 2.77. The number of ether oxygens (including phenoxy) is 1. The fourth-order valence-corrected chi connectivity index (χ4v) is 2.86. The number of benzene rings is 2. The Hall–Kier alpha value is -3.34. The molecule has 1 heterocycles. The van der Waals surface area contributed by atoms with Crippen molar-refractivity contribution >= 4 is 17.3 Å². The summed E-state index contributed by atoms with van der Waals surface area (Å²) in [5, 5.41) is 2.92. The molecule has 0 aliphatic carbocycles. The summed E-state index contributed by atoms with van der Waals surface area (Å²) < 4.78 is 5.78. The number of aromatic nitrogens is 1. The maximum atomic E-state index is 12.6. The fourth-order valence-electron chi connectivity index (χ4n) is 2.86. The molecule has 0 saturated heterocycles. The van der Waals surface area contributed by atoms with Crippen LogP contribution >= 0.6 is 0 Å². The average molecular weight is 389 g/mol. The van der Waals surface area contributed by atoms with E-state index in [9.17, 15) is 4.79 Å². The van der Waals surface area contributed by atoms with Gasteiger partial charge < -0.3 is 15.0 Å². The highest BCUT2D eigenvalue weighted by Crippen LogP contribution is 2.19. The molecule has 0 fully saturated rings. The third kappa shape index (κ3) is 6.07. The molecule has 1 aromatic heterocycles. The van der Waals surface area contributed by atoms with E-state index >= 15 is 0 Å². The van der Waals surface area contributed by atoms with Gasteiger partial charge in [0.15, 0.2) is 0 Å². The van der Waals surface area contributed by atoms with Crippen LogP contribution in [-0.4, -0.2) is 24.5 Å². The minimum Gasteiger partial charge on any atom is -0.489 e. The van der Waals surface area contributed by atoms with E-state index in [1.165, 1.54) is 0 Å². The summed E-state index contributed by atoms with van der Waals surface area (Å²) in [6, 6.07) is 19.3. The number of nitrogens with one attached hydrogen (secondary N) is 1. The molecule has 3 rings (SSSR count). The first kappa shape index (κ1) is 20.4. The molecule has 0 saturated carbocycles. The van der Waals surface area contributed by atoms with Crippen LogP contribution < -0.4 is 15.0 Å². The number of nitrogens with zero attached hydrogens (tertiary/aromatic N) is 2. The van der Waals surface area contributed by atoms with Gasteiger partial charge in [0.2, 0.25) is 0 Å². The van der Waals surface area contributed by atoms with Gasteiger partial charge in [-0.2, -0.15) is 0 Å². The number of pyridine rings is 1. The molecule has 0 atom stereocenters. The Labute approximate surface area is 172 Å². The lowest BCUT2D eigenvalue weighted by atomic mass is 10.2. The van der Waals surface area contributed by atoms with Crippen molar-refractivity contribution in [2.75, 3.05) is 23.8 Å². The fraction of sp³-hybridized carbons (Fsp3) is 0.250. The number of amides is 1. The van der Waals surface area contributed by atoms with Crippen molar-refractivity contribution in [1.29, 1.82) is 0 Å². The van der Waals surface area contributed by atoms with Gasteiger partial charge in [-0.25, -0.2) is 0 Å². The van der Waals surface area contributed by atoms with E-state index in [1.807, 2.05) is 67.7 Å². The van der Waals surface area contributed by atoms with Crippen LogP contribution in [0.3, 0.4) is 0 Å². The van der Waals surface area contributed by atoms with Gasteiger partial charge in [-0.1, -0.05) is 43.7 Å². The van der Waals surface area contributed by atoms with Crippen LogP contribution in [0.25, 0.3) is 0 Å². The first-order valence-electron chi connectivity index (χ1n) is 9.90. The van der Waals surface area contributed by atoms with E-state index in [1.54, 1.807) is 12.4 Å². The van der Waals surface area contributed by atoms with Crippen LogP contribution in [0, 0.1) is 0 Å². The molecule has 1 N–H and O–H groups in total. The number of hydrogen-bond donors (Lipinski definition) is 1. The van der Waals surface area contributed by atoms with Gasteiger partial charge in [-0.15, -0.1) is 0 Å². The van der Waals surface area contributed by atoms with Crippen molar-refractivity contribution in [3.63, 3.8) is 0 Å². The summed E-state index contributed by atoms with van der Waals surface area (Å²) in [5.41, 5.74) is 3.30. The van der Waals surface area contributed by atoms with E-state index in [2.05, 4.69) is 22.1 Å². The molecule has 2 aromatic carbocycles. The molecule has 150 valence electrons. The predicted molar refractivity (Wildman–Crippen MR) is 118 cm³/mol. The van der Waals surface area contributed by atoms with E-state index < -0.39 is 0 Å². The third-order valence-corrected chi connectivity index (χ3v) is 4.63. The zero-order valence-corrected chi connectivity index (χ0v) is 17.0. The second kappa shape index (κ2) is 10.3. The minimum absolute atomic E-state index is 0.179. The smallest absolute Gasteiger partial charge is 0.257 e. The molecule has 0 bridgehead atoms. The third-order valence-electron chi connectivity index (χ3n) is 4.63. The van der Waals surface area contributed by atoms with Crippen LogP contribution in [0.15, 0.2) is 73.1 Å². The maximum absolute atomic E-state index is 12.6. The molecule has 0 unspecified atom stereocenters. The predicted octanol–water partition coefficient (Wildman–Crippen LogP) is 5.15. The molecule has 1 amide bonds. The quantitative estimate of drug-likeness (QED) is 0.550. The summed E-state index contributed by atoms with van der Waals surface area (Å²) in [7, 11) is 2.02. The number of anilines is 2. The molecule has 0 spiro atoms. The van der Waals surface area contributed by atoms with Crippen LogP contribution in [-0.2, 0) is 6.61 Å². The van der Waals surface area contributed by atoms with Crippen molar-refractivity contribution in [3.8, 4) is 5.75 Å². The van der Waals surface area contributed by atoms with Gasteiger partial charge >= 0.3 is 0 Å². The summed E-state index contributed by atoms with van der Waals surface area (Å²) in [6.07, 6.45) is 5.60. The summed E-state index contributed by atoms with van der Waals surface area (Å²) in [4.78, 5) is 18.9. The normalized spacial score (nSPS) is 10.4.